The van der Waals surface area contributed by atoms with Crippen LogP contribution >= 0.6 is 15.1 Å². The third-order valence-corrected chi connectivity index (χ3v) is 13.4. The van der Waals surface area contributed by atoms with Crippen LogP contribution in [0.5, 0.6) is 0 Å². The molecule has 2 nitrogen and oxygen atoms in total. The second-order valence-electron chi connectivity index (χ2n) is 8.85. The molecule has 0 aromatic heterocycles. The molecule has 170 valence electrons. The van der Waals surface area contributed by atoms with E-state index in [0.29, 0.717) is 0 Å². The summed E-state index contributed by atoms with van der Waals surface area (Å²) in [5.41, 5.74) is 3.66. The number of rotatable bonds is 5. The second-order valence-corrected chi connectivity index (χ2v) is 13.8. The van der Waals surface area contributed by atoms with Gasteiger partial charge in [0.05, 0.1) is 5.45 Å². The topological polar surface area (TPSA) is 29.4 Å². The van der Waals surface area contributed by atoms with Crippen LogP contribution in [-0.4, -0.2) is 5.45 Å². The summed E-state index contributed by atoms with van der Waals surface area (Å²) in [6.45, 7) is 2.14. The Bertz CT molecular complexity index is 1470. The van der Waals surface area contributed by atoms with Gasteiger partial charge in [-0.2, -0.15) is 0 Å². The Labute approximate surface area is 207 Å². The molecule has 3 aliphatic rings. The van der Waals surface area contributed by atoms with Crippen LogP contribution in [-0.2, 0) is 10.1 Å². The summed E-state index contributed by atoms with van der Waals surface area (Å²) < 4.78 is 15.6. The first kappa shape index (κ1) is 22.2. The molecule has 7 rings (SSSR count). The van der Waals surface area contributed by atoms with Crippen LogP contribution in [0.3, 0.4) is 0 Å². The number of aliphatic imine (C=N–C) groups is 1. The van der Waals surface area contributed by atoms with E-state index < -0.39 is 20.6 Å². The van der Waals surface area contributed by atoms with Gasteiger partial charge in [-0.25, -0.2) is 0 Å². The molecule has 0 amide bonds. The maximum Gasteiger partial charge on any atom is 0.172 e. The van der Waals surface area contributed by atoms with Gasteiger partial charge in [0, 0.05) is 29.1 Å². The average Bonchev–Trinajstić information content (AvgIpc) is 2.95. The molecule has 0 aliphatic carbocycles. The van der Waals surface area contributed by atoms with Crippen molar-refractivity contribution in [3.05, 3.63) is 155 Å². The molecule has 2 unspecified atom stereocenters. The third kappa shape index (κ3) is 3.44. The number of hydrogen-bond acceptors (Lipinski definition) is 2. The SMILES string of the molecule is CC1=C(P(=O)(c2ccccc2)c2ccccc2)P2C=CC1(c1ccccc1)N=C2c1ccccc1. The molecule has 3 aliphatic heterocycles. The molecule has 0 N–H and O–H groups in total. The maximum atomic E-state index is 15.6. The fourth-order valence-electron chi connectivity index (χ4n) is 5.16. The zero-order chi connectivity index (χ0) is 23.9. The minimum Gasteiger partial charge on any atom is -0.309 e. The molecule has 35 heavy (non-hydrogen) atoms. The van der Waals surface area contributed by atoms with Crippen molar-refractivity contribution >= 4 is 31.1 Å². The Morgan fingerprint density at radius 2 is 1.17 bits per heavy atom. The predicted octanol–water partition coefficient (Wildman–Crippen LogP) is 7.60. The van der Waals surface area contributed by atoms with Crippen LogP contribution in [0.25, 0.3) is 0 Å². The van der Waals surface area contributed by atoms with Crippen molar-refractivity contribution in [1.82, 2.24) is 0 Å². The van der Waals surface area contributed by atoms with Crippen molar-refractivity contribution in [2.75, 3.05) is 0 Å². The normalized spacial score (nSPS) is 21.2. The van der Waals surface area contributed by atoms with E-state index in [2.05, 4.69) is 67.3 Å². The summed E-state index contributed by atoms with van der Waals surface area (Å²) in [5.74, 6) is 2.29. The van der Waals surface area contributed by atoms with Gasteiger partial charge in [-0.1, -0.05) is 127 Å². The highest BCUT2D eigenvalue weighted by Crippen LogP contribution is 2.74. The van der Waals surface area contributed by atoms with Crippen LogP contribution < -0.4 is 10.6 Å². The van der Waals surface area contributed by atoms with Crippen molar-refractivity contribution in [2.24, 2.45) is 4.99 Å². The maximum absolute atomic E-state index is 15.6. The predicted molar refractivity (Wildman–Crippen MR) is 150 cm³/mol. The largest absolute Gasteiger partial charge is 0.309 e. The molecule has 2 atom stereocenters. The van der Waals surface area contributed by atoms with E-state index in [1.807, 2.05) is 72.8 Å². The Kier molecular flexibility index (Phi) is 5.53. The second kappa shape index (κ2) is 8.72. The van der Waals surface area contributed by atoms with Crippen molar-refractivity contribution in [1.29, 1.82) is 0 Å². The lowest BCUT2D eigenvalue weighted by Gasteiger charge is -2.44. The van der Waals surface area contributed by atoms with Crippen LogP contribution in [0.4, 0.5) is 0 Å². The summed E-state index contributed by atoms with van der Waals surface area (Å²) in [6.07, 6.45) is 2.24. The minimum absolute atomic E-state index is 0.669. The fourth-order valence-corrected chi connectivity index (χ4v) is 12.2. The molecule has 0 radical (unpaired) electrons. The summed E-state index contributed by atoms with van der Waals surface area (Å²) >= 11 is 0. The van der Waals surface area contributed by atoms with Gasteiger partial charge in [0.15, 0.2) is 7.14 Å². The van der Waals surface area contributed by atoms with Crippen molar-refractivity contribution in [3.63, 3.8) is 0 Å². The zero-order valence-electron chi connectivity index (χ0n) is 19.5. The average molecular weight is 489 g/mol. The quantitative estimate of drug-likeness (QED) is 0.266. The fraction of sp³-hybridized carbons (Fsp3) is 0.0645. The van der Waals surface area contributed by atoms with E-state index in [9.17, 15) is 0 Å². The molecule has 0 spiro atoms. The van der Waals surface area contributed by atoms with Gasteiger partial charge in [0.25, 0.3) is 0 Å². The number of benzene rings is 4. The summed E-state index contributed by atoms with van der Waals surface area (Å²) in [4.78, 5) is 5.43. The smallest absolute Gasteiger partial charge is 0.172 e. The molecule has 3 heterocycles. The molecule has 0 saturated carbocycles. The molecule has 4 aromatic carbocycles. The molecule has 0 saturated heterocycles. The Balaban J connectivity index is 1.68. The van der Waals surface area contributed by atoms with E-state index in [4.69, 9.17) is 4.99 Å². The molecular formula is C31H25NOP2. The monoisotopic (exact) mass is 489 g/mol. The van der Waals surface area contributed by atoms with Crippen molar-refractivity contribution < 1.29 is 4.57 Å². The Morgan fingerprint density at radius 1 is 0.686 bits per heavy atom. The highest BCUT2D eigenvalue weighted by atomic mass is 31.2. The Morgan fingerprint density at radius 3 is 1.71 bits per heavy atom. The van der Waals surface area contributed by atoms with Crippen LogP contribution in [0.15, 0.2) is 149 Å². The third-order valence-electron chi connectivity index (χ3n) is 6.89. The van der Waals surface area contributed by atoms with Gasteiger partial charge in [-0.05, 0) is 24.1 Å². The standard InChI is InChI=1S/C31H25NOP2/c1-24-30(35(33,27-18-10-4-11-19-27)28-20-12-5-13-21-28)34-23-22-31(24,26-16-8-3-9-17-26)32-29(34)25-14-6-2-7-15-25/h2-23H,1H3. The van der Waals surface area contributed by atoms with Crippen LogP contribution in [0.2, 0.25) is 0 Å². The van der Waals surface area contributed by atoms with Gasteiger partial charge in [-0.3, -0.25) is 4.99 Å². The van der Waals surface area contributed by atoms with Crippen molar-refractivity contribution in [2.45, 2.75) is 12.5 Å². The molecule has 4 heteroatoms. The number of nitrogens with zero attached hydrogens (tertiary/aromatic N) is 1. The van der Waals surface area contributed by atoms with Gasteiger partial charge < -0.3 is 4.57 Å². The lowest BCUT2D eigenvalue weighted by atomic mass is 9.84. The zero-order valence-corrected chi connectivity index (χ0v) is 21.2. The van der Waals surface area contributed by atoms with E-state index in [1.165, 1.54) is 0 Å². The summed E-state index contributed by atoms with van der Waals surface area (Å²) in [6, 6.07) is 40.8. The van der Waals surface area contributed by atoms with E-state index >= 15 is 4.57 Å². The lowest BCUT2D eigenvalue weighted by molar-refractivity contribution is 0.589. The van der Waals surface area contributed by atoms with Crippen molar-refractivity contribution in [3.8, 4) is 0 Å². The lowest BCUT2D eigenvalue weighted by Crippen LogP contribution is -2.33. The Hall–Kier alpha value is -3.31. The first-order chi connectivity index (χ1) is 17.1. The highest BCUT2D eigenvalue weighted by molar-refractivity contribution is 8.00. The molecular weight excluding hydrogens is 464 g/mol. The summed E-state index contributed by atoms with van der Waals surface area (Å²) in [5, 5.41) is 2.80. The van der Waals surface area contributed by atoms with E-state index in [1.54, 1.807) is 0 Å². The molecule has 4 aromatic rings. The first-order valence-corrected chi connectivity index (χ1v) is 14.9. The highest BCUT2D eigenvalue weighted by Gasteiger charge is 2.50. The van der Waals surface area contributed by atoms with Gasteiger partial charge in [0.1, 0.15) is 5.54 Å². The van der Waals surface area contributed by atoms with E-state index in [-0.39, 0.29) is 0 Å². The summed E-state index contributed by atoms with van der Waals surface area (Å²) in [7, 11) is -4.16. The minimum atomic E-state index is -3.14. The first-order valence-electron chi connectivity index (χ1n) is 11.8. The molecule has 2 bridgehead atoms. The van der Waals surface area contributed by atoms with Crippen LogP contribution in [0, 0.1) is 0 Å². The van der Waals surface area contributed by atoms with Gasteiger partial charge >= 0.3 is 0 Å². The van der Waals surface area contributed by atoms with Gasteiger partial charge in [-0.15, -0.1) is 0 Å². The van der Waals surface area contributed by atoms with Gasteiger partial charge in [0.2, 0.25) is 0 Å². The molecule has 0 fully saturated rings. The van der Waals surface area contributed by atoms with Crippen LogP contribution in [0.1, 0.15) is 18.1 Å². The van der Waals surface area contributed by atoms with E-state index in [0.717, 1.165) is 37.8 Å². The number of hydrogen-bond donors (Lipinski definition) is 0.